The predicted molar refractivity (Wildman–Crippen MR) is 67.8 cm³/mol. The zero-order valence-corrected chi connectivity index (χ0v) is 9.95. The van der Waals surface area contributed by atoms with Crippen molar-refractivity contribution in [2.45, 2.75) is 38.3 Å². The molecule has 2 unspecified atom stereocenters. The fraction of sp³-hybridized carbons (Fsp3) is 0.571. The molecule has 2 fully saturated rings. The SMILES string of the molecule is Cc1ccccc1NC1CCN2CCCC12. The standard InChI is InChI=1S/C14H20N2/c1-11-5-2-3-6-12(11)15-13-8-10-16-9-4-7-14(13)16/h2-3,5-6,13-15H,4,7-10H2,1H3. The van der Waals surface area contributed by atoms with Gasteiger partial charge < -0.3 is 5.32 Å². The fourth-order valence-corrected chi connectivity index (χ4v) is 3.19. The Morgan fingerprint density at radius 3 is 2.94 bits per heavy atom. The molecule has 3 rings (SSSR count). The summed E-state index contributed by atoms with van der Waals surface area (Å²) in [6, 6.07) is 10.1. The summed E-state index contributed by atoms with van der Waals surface area (Å²) in [6.07, 6.45) is 4.07. The highest BCUT2D eigenvalue weighted by atomic mass is 15.2. The van der Waals surface area contributed by atoms with E-state index in [0.717, 1.165) is 6.04 Å². The summed E-state index contributed by atoms with van der Waals surface area (Å²) >= 11 is 0. The number of anilines is 1. The van der Waals surface area contributed by atoms with Gasteiger partial charge in [-0.3, -0.25) is 4.90 Å². The van der Waals surface area contributed by atoms with Gasteiger partial charge in [-0.25, -0.2) is 0 Å². The quantitative estimate of drug-likeness (QED) is 0.817. The molecule has 0 spiro atoms. The van der Waals surface area contributed by atoms with Crippen molar-refractivity contribution < 1.29 is 0 Å². The van der Waals surface area contributed by atoms with Gasteiger partial charge in [-0.05, 0) is 44.4 Å². The van der Waals surface area contributed by atoms with E-state index in [2.05, 4.69) is 41.4 Å². The highest BCUT2D eigenvalue weighted by molar-refractivity contribution is 5.51. The minimum absolute atomic E-state index is 0.670. The molecular weight excluding hydrogens is 196 g/mol. The largest absolute Gasteiger partial charge is 0.380 e. The second-order valence-electron chi connectivity index (χ2n) is 5.10. The molecule has 0 bridgehead atoms. The number of para-hydroxylation sites is 1. The van der Waals surface area contributed by atoms with Crippen LogP contribution >= 0.6 is 0 Å². The molecule has 2 nitrogen and oxygen atoms in total. The van der Waals surface area contributed by atoms with Crippen molar-refractivity contribution in [1.82, 2.24) is 4.90 Å². The van der Waals surface area contributed by atoms with Crippen LogP contribution in [0.3, 0.4) is 0 Å². The lowest BCUT2D eigenvalue weighted by molar-refractivity contribution is 0.318. The summed E-state index contributed by atoms with van der Waals surface area (Å²) in [5.74, 6) is 0. The van der Waals surface area contributed by atoms with Gasteiger partial charge >= 0.3 is 0 Å². The van der Waals surface area contributed by atoms with Crippen molar-refractivity contribution in [2.75, 3.05) is 18.4 Å². The van der Waals surface area contributed by atoms with Crippen molar-refractivity contribution in [3.8, 4) is 0 Å². The number of hydrogen-bond acceptors (Lipinski definition) is 2. The van der Waals surface area contributed by atoms with Gasteiger partial charge in [0, 0.05) is 24.3 Å². The van der Waals surface area contributed by atoms with Gasteiger partial charge in [-0.1, -0.05) is 18.2 Å². The number of nitrogens with one attached hydrogen (secondary N) is 1. The van der Waals surface area contributed by atoms with Gasteiger partial charge in [-0.2, -0.15) is 0 Å². The van der Waals surface area contributed by atoms with E-state index in [1.165, 1.54) is 43.6 Å². The summed E-state index contributed by atoms with van der Waals surface area (Å²) < 4.78 is 0. The summed E-state index contributed by atoms with van der Waals surface area (Å²) in [4.78, 5) is 2.65. The Morgan fingerprint density at radius 1 is 1.19 bits per heavy atom. The van der Waals surface area contributed by atoms with Crippen LogP contribution in [0.2, 0.25) is 0 Å². The molecular formula is C14H20N2. The van der Waals surface area contributed by atoms with Crippen molar-refractivity contribution in [3.63, 3.8) is 0 Å². The molecule has 16 heavy (non-hydrogen) atoms. The summed E-state index contributed by atoms with van der Waals surface area (Å²) in [6.45, 7) is 4.79. The van der Waals surface area contributed by atoms with Crippen molar-refractivity contribution in [1.29, 1.82) is 0 Å². The fourth-order valence-electron chi connectivity index (χ4n) is 3.19. The number of benzene rings is 1. The van der Waals surface area contributed by atoms with Crippen molar-refractivity contribution >= 4 is 5.69 Å². The zero-order valence-electron chi connectivity index (χ0n) is 9.95. The Kier molecular flexibility index (Phi) is 2.60. The molecule has 1 aromatic carbocycles. The van der Waals surface area contributed by atoms with Gasteiger partial charge in [0.1, 0.15) is 0 Å². The normalized spacial score (nSPS) is 29.3. The van der Waals surface area contributed by atoms with E-state index in [0.29, 0.717) is 6.04 Å². The van der Waals surface area contributed by atoms with Gasteiger partial charge in [-0.15, -0.1) is 0 Å². The topological polar surface area (TPSA) is 15.3 Å². The Morgan fingerprint density at radius 2 is 2.06 bits per heavy atom. The van der Waals surface area contributed by atoms with Crippen LogP contribution < -0.4 is 5.32 Å². The lowest BCUT2D eigenvalue weighted by atomic mass is 10.1. The van der Waals surface area contributed by atoms with Crippen LogP contribution in [0, 0.1) is 6.92 Å². The lowest BCUT2D eigenvalue weighted by Crippen LogP contribution is -2.33. The Labute approximate surface area is 97.6 Å². The molecule has 86 valence electrons. The minimum Gasteiger partial charge on any atom is -0.380 e. The molecule has 0 amide bonds. The lowest BCUT2D eigenvalue weighted by Gasteiger charge is -2.23. The Bertz CT molecular complexity index is 375. The summed E-state index contributed by atoms with van der Waals surface area (Å²) in [5.41, 5.74) is 2.68. The predicted octanol–water partition coefficient (Wildman–Crippen LogP) is 2.64. The summed E-state index contributed by atoms with van der Waals surface area (Å²) in [5, 5.41) is 3.74. The number of hydrogen-bond donors (Lipinski definition) is 1. The molecule has 2 atom stereocenters. The van der Waals surface area contributed by atoms with Gasteiger partial charge in [0.25, 0.3) is 0 Å². The molecule has 2 aliphatic rings. The first-order valence-corrected chi connectivity index (χ1v) is 6.41. The van der Waals surface area contributed by atoms with Gasteiger partial charge in [0.15, 0.2) is 0 Å². The van der Waals surface area contributed by atoms with Crippen LogP contribution in [0.15, 0.2) is 24.3 Å². The average molecular weight is 216 g/mol. The van der Waals surface area contributed by atoms with Crippen LogP contribution in [0.25, 0.3) is 0 Å². The molecule has 2 heteroatoms. The van der Waals surface area contributed by atoms with E-state index in [9.17, 15) is 0 Å². The van der Waals surface area contributed by atoms with Crippen LogP contribution in [0.4, 0.5) is 5.69 Å². The molecule has 0 saturated carbocycles. The van der Waals surface area contributed by atoms with E-state index in [-0.39, 0.29) is 0 Å². The highest BCUT2D eigenvalue weighted by Crippen LogP contribution is 2.30. The maximum absolute atomic E-state index is 3.74. The molecule has 2 heterocycles. The monoisotopic (exact) mass is 216 g/mol. The van der Waals surface area contributed by atoms with E-state index in [4.69, 9.17) is 0 Å². The molecule has 0 aromatic heterocycles. The highest BCUT2D eigenvalue weighted by Gasteiger charge is 2.36. The summed E-state index contributed by atoms with van der Waals surface area (Å²) in [7, 11) is 0. The van der Waals surface area contributed by atoms with Crippen LogP contribution in [-0.4, -0.2) is 30.1 Å². The molecule has 1 N–H and O–H groups in total. The third kappa shape index (κ3) is 1.71. The number of rotatable bonds is 2. The van der Waals surface area contributed by atoms with Crippen LogP contribution in [0.5, 0.6) is 0 Å². The Hall–Kier alpha value is -1.02. The maximum atomic E-state index is 3.74. The number of nitrogens with zero attached hydrogens (tertiary/aromatic N) is 1. The maximum Gasteiger partial charge on any atom is 0.0429 e. The van der Waals surface area contributed by atoms with Crippen molar-refractivity contribution in [2.24, 2.45) is 0 Å². The molecule has 0 radical (unpaired) electrons. The van der Waals surface area contributed by atoms with Crippen LogP contribution in [-0.2, 0) is 0 Å². The van der Waals surface area contributed by atoms with Gasteiger partial charge in [0.05, 0.1) is 0 Å². The van der Waals surface area contributed by atoms with E-state index in [1.54, 1.807) is 0 Å². The van der Waals surface area contributed by atoms with Gasteiger partial charge in [0.2, 0.25) is 0 Å². The minimum atomic E-state index is 0.670. The van der Waals surface area contributed by atoms with E-state index in [1.807, 2.05) is 0 Å². The second-order valence-corrected chi connectivity index (χ2v) is 5.10. The zero-order chi connectivity index (χ0) is 11.0. The smallest absolute Gasteiger partial charge is 0.0429 e. The first-order valence-electron chi connectivity index (χ1n) is 6.41. The van der Waals surface area contributed by atoms with E-state index >= 15 is 0 Å². The van der Waals surface area contributed by atoms with Crippen molar-refractivity contribution in [3.05, 3.63) is 29.8 Å². The second kappa shape index (κ2) is 4.10. The number of aryl methyl sites for hydroxylation is 1. The molecule has 2 saturated heterocycles. The van der Waals surface area contributed by atoms with E-state index < -0.39 is 0 Å². The Balaban J connectivity index is 1.73. The van der Waals surface area contributed by atoms with Crippen LogP contribution in [0.1, 0.15) is 24.8 Å². The first kappa shape index (κ1) is 10.2. The first-order chi connectivity index (χ1) is 7.84. The third-order valence-corrected chi connectivity index (χ3v) is 4.09. The molecule has 0 aliphatic carbocycles. The number of fused-ring (bicyclic) bond motifs is 1. The molecule has 1 aromatic rings. The third-order valence-electron chi connectivity index (χ3n) is 4.09. The molecule has 2 aliphatic heterocycles. The average Bonchev–Trinajstić information content (AvgIpc) is 2.86.